The summed E-state index contributed by atoms with van der Waals surface area (Å²) in [6.07, 6.45) is 0. The summed E-state index contributed by atoms with van der Waals surface area (Å²) in [5, 5.41) is 9.34. The second-order valence-electron chi connectivity index (χ2n) is 2.69. The largest absolute Gasteiger partial charge is 0.478 e. The molecule has 0 unspecified atom stereocenters. The lowest BCUT2D eigenvalue weighted by molar-refractivity contribution is 0.0699. The first-order valence-corrected chi connectivity index (χ1v) is 5.60. The molecule has 1 N–H and O–H groups in total. The first-order chi connectivity index (χ1) is 6.59. The molecule has 72 valence electrons. The summed E-state index contributed by atoms with van der Waals surface area (Å²) in [7, 11) is 0. The number of halogens is 2. The molecule has 0 aliphatic heterocycles. The van der Waals surface area contributed by atoms with E-state index in [-0.39, 0.29) is 11.4 Å². The van der Waals surface area contributed by atoms with E-state index in [0.717, 1.165) is 2.88 Å². The summed E-state index contributed by atoms with van der Waals surface area (Å²) >= 11 is 3.31. The number of hydrogen-bond donors (Lipinski definition) is 1. The zero-order valence-electron chi connectivity index (χ0n) is 6.75. The lowest BCUT2D eigenvalue weighted by Gasteiger charge is -1.96. The van der Waals surface area contributed by atoms with E-state index >= 15 is 0 Å². The van der Waals surface area contributed by atoms with E-state index in [0.29, 0.717) is 10.1 Å². The first-order valence-electron chi connectivity index (χ1n) is 3.70. The van der Waals surface area contributed by atoms with Gasteiger partial charge in [-0.05, 0) is 40.8 Å². The standard InChI is InChI=1S/C9H4FIO2S/c10-6-2-1-4(9(12)13)5-3-7(11)14-8(5)6/h1-3H,(H,12,13). The zero-order chi connectivity index (χ0) is 10.3. The molecule has 2 aromatic rings. The maximum atomic E-state index is 13.3. The fraction of sp³-hybridized carbons (Fsp3) is 0. The summed E-state index contributed by atoms with van der Waals surface area (Å²) in [5.41, 5.74) is 0.153. The van der Waals surface area contributed by atoms with Crippen LogP contribution in [-0.4, -0.2) is 11.1 Å². The van der Waals surface area contributed by atoms with Crippen molar-refractivity contribution in [3.05, 3.63) is 32.5 Å². The van der Waals surface area contributed by atoms with Gasteiger partial charge in [0.25, 0.3) is 0 Å². The van der Waals surface area contributed by atoms with Crippen molar-refractivity contribution in [3.63, 3.8) is 0 Å². The number of carboxylic acid groups (broad SMARTS) is 1. The Bertz CT molecular complexity index is 521. The Morgan fingerprint density at radius 1 is 1.50 bits per heavy atom. The molecule has 1 aromatic carbocycles. The minimum absolute atomic E-state index is 0.153. The average molecular weight is 322 g/mol. The summed E-state index contributed by atoms with van der Waals surface area (Å²) in [4.78, 5) is 10.8. The Labute approximate surface area is 96.5 Å². The second kappa shape index (κ2) is 3.47. The number of aromatic carboxylic acids is 1. The molecule has 5 heteroatoms. The Morgan fingerprint density at radius 3 is 2.86 bits per heavy atom. The van der Waals surface area contributed by atoms with Crippen molar-refractivity contribution in [2.45, 2.75) is 0 Å². The van der Waals surface area contributed by atoms with Gasteiger partial charge in [-0.15, -0.1) is 11.3 Å². The molecular weight excluding hydrogens is 318 g/mol. The maximum absolute atomic E-state index is 13.3. The van der Waals surface area contributed by atoms with Gasteiger partial charge >= 0.3 is 5.97 Å². The smallest absolute Gasteiger partial charge is 0.336 e. The zero-order valence-corrected chi connectivity index (χ0v) is 9.73. The van der Waals surface area contributed by atoms with Crippen molar-refractivity contribution in [1.29, 1.82) is 0 Å². The lowest BCUT2D eigenvalue weighted by atomic mass is 10.1. The van der Waals surface area contributed by atoms with Crippen molar-refractivity contribution >= 4 is 50.0 Å². The molecule has 0 atom stereocenters. The molecule has 0 saturated heterocycles. The van der Waals surface area contributed by atoms with Crippen molar-refractivity contribution in [1.82, 2.24) is 0 Å². The van der Waals surface area contributed by atoms with E-state index in [2.05, 4.69) is 0 Å². The Balaban J connectivity index is 2.87. The van der Waals surface area contributed by atoms with Crippen LogP contribution >= 0.6 is 33.9 Å². The van der Waals surface area contributed by atoms with Gasteiger partial charge in [0.05, 0.1) is 13.1 Å². The van der Waals surface area contributed by atoms with E-state index in [1.165, 1.54) is 23.5 Å². The van der Waals surface area contributed by atoms with E-state index in [1.807, 2.05) is 22.6 Å². The summed E-state index contributed by atoms with van der Waals surface area (Å²) in [5.74, 6) is -1.39. The number of benzene rings is 1. The molecule has 1 aromatic heterocycles. The molecule has 0 saturated carbocycles. The number of carboxylic acids is 1. The SMILES string of the molecule is O=C(O)c1ccc(F)c2sc(I)cc12. The van der Waals surface area contributed by atoms with Gasteiger partial charge in [0.1, 0.15) is 5.82 Å². The highest BCUT2D eigenvalue weighted by Crippen LogP contribution is 2.31. The maximum Gasteiger partial charge on any atom is 0.336 e. The van der Waals surface area contributed by atoms with Gasteiger partial charge in [-0.25, -0.2) is 9.18 Å². The van der Waals surface area contributed by atoms with Crippen molar-refractivity contribution < 1.29 is 14.3 Å². The molecule has 0 spiro atoms. The van der Waals surface area contributed by atoms with Gasteiger partial charge < -0.3 is 5.11 Å². The molecule has 1 heterocycles. The molecule has 0 bridgehead atoms. The van der Waals surface area contributed by atoms with Gasteiger partial charge in [-0.3, -0.25) is 0 Å². The predicted molar refractivity (Wildman–Crippen MR) is 61.5 cm³/mol. The second-order valence-corrected chi connectivity index (χ2v) is 5.64. The number of thiophene rings is 1. The van der Waals surface area contributed by atoms with Crippen LogP contribution in [0, 0.1) is 8.70 Å². The normalized spacial score (nSPS) is 10.7. The van der Waals surface area contributed by atoms with E-state index in [4.69, 9.17) is 5.11 Å². The van der Waals surface area contributed by atoms with Gasteiger partial charge in [-0.2, -0.15) is 0 Å². The summed E-state index contributed by atoms with van der Waals surface area (Å²) < 4.78 is 14.5. The third kappa shape index (κ3) is 1.50. The summed E-state index contributed by atoms with van der Waals surface area (Å²) in [6, 6.07) is 4.17. The molecule has 0 radical (unpaired) electrons. The fourth-order valence-electron chi connectivity index (χ4n) is 1.25. The minimum atomic E-state index is -1.02. The van der Waals surface area contributed by atoms with Crippen LogP contribution in [0.1, 0.15) is 10.4 Å². The third-order valence-corrected chi connectivity index (χ3v) is 3.74. The van der Waals surface area contributed by atoms with Crippen molar-refractivity contribution in [2.24, 2.45) is 0 Å². The monoisotopic (exact) mass is 322 g/mol. The molecule has 0 amide bonds. The number of hydrogen-bond acceptors (Lipinski definition) is 2. The Morgan fingerprint density at radius 2 is 2.21 bits per heavy atom. The van der Waals surface area contributed by atoms with Crippen LogP contribution in [0.3, 0.4) is 0 Å². The topological polar surface area (TPSA) is 37.3 Å². The molecule has 0 aliphatic rings. The third-order valence-electron chi connectivity index (χ3n) is 1.84. The molecule has 2 rings (SSSR count). The predicted octanol–water partition coefficient (Wildman–Crippen LogP) is 3.34. The van der Waals surface area contributed by atoms with Crippen LogP contribution in [0.2, 0.25) is 0 Å². The van der Waals surface area contributed by atoms with Gasteiger partial charge in [0.2, 0.25) is 0 Å². The average Bonchev–Trinajstić information content (AvgIpc) is 2.47. The number of fused-ring (bicyclic) bond motifs is 1. The minimum Gasteiger partial charge on any atom is -0.478 e. The lowest BCUT2D eigenvalue weighted by Crippen LogP contribution is -1.96. The highest BCUT2D eigenvalue weighted by molar-refractivity contribution is 14.1. The number of rotatable bonds is 1. The van der Waals surface area contributed by atoms with Crippen LogP contribution < -0.4 is 0 Å². The van der Waals surface area contributed by atoms with Crippen LogP contribution in [-0.2, 0) is 0 Å². The van der Waals surface area contributed by atoms with E-state index < -0.39 is 5.97 Å². The Hall–Kier alpha value is -0.690. The quantitative estimate of drug-likeness (QED) is 0.818. The van der Waals surface area contributed by atoms with Crippen LogP contribution in [0.4, 0.5) is 4.39 Å². The molecule has 2 nitrogen and oxygen atoms in total. The molecule has 14 heavy (non-hydrogen) atoms. The summed E-state index contributed by atoms with van der Waals surface area (Å²) in [6.45, 7) is 0. The van der Waals surface area contributed by atoms with E-state index in [1.54, 1.807) is 6.07 Å². The van der Waals surface area contributed by atoms with Gasteiger partial charge in [0.15, 0.2) is 0 Å². The number of carbonyl (C=O) groups is 1. The van der Waals surface area contributed by atoms with Crippen molar-refractivity contribution in [2.75, 3.05) is 0 Å². The van der Waals surface area contributed by atoms with E-state index in [9.17, 15) is 9.18 Å². The van der Waals surface area contributed by atoms with Gasteiger partial charge in [0, 0.05) is 5.39 Å². The fourth-order valence-corrected chi connectivity index (χ4v) is 3.04. The highest BCUT2D eigenvalue weighted by Gasteiger charge is 2.13. The first kappa shape index (κ1) is 9.85. The van der Waals surface area contributed by atoms with Crippen LogP contribution in [0.15, 0.2) is 18.2 Å². The van der Waals surface area contributed by atoms with Crippen molar-refractivity contribution in [3.8, 4) is 0 Å². The highest BCUT2D eigenvalue weighted by atomic mass is 127. The molecule has 0 aliphatic carbocycles. The Kier molecular flexibility index (Phi) is 2.44. The molecular formula is C9H4FIO2S. The van der Waals surface area contributed by atoms with Crippen LogP contribution in [0.5, 0.6) is 0 Å². The van der Waals surface area contributed by atoms with Crippen LogP contribution in [0.25, 0.3) is 10.1 Å². The molecule has 0 fully saturated rings. The van der Waals surface area contributed by atoms with Gasteiger partial charge in [-0.1, -0.05) is 0 Å².